The highest BCUT2D eigenvalue weighted by Gasteiger charge is 2.28. The molecule has 0 aromatic heterocycles. The van der Waals surface area contributed by atoms with Crippen LogP contribution in [0, 0.1) is 5.92 Å². The molecule has 128 valence electrons. The number of rotatable bonds is 6. The van der Waals surface area contributed by atoms with Crippen LogP contribution in [0.1, 0.15) is 44.9 Å². The molecule has 1 aliphatic carbocycles. The summed E-state index contributed by atoms with van der Waals surface area (Å²) in [5, 5.41) is 2.89. The van der Waals surface area contributed by atoms with Gasteiger partial charge in [-0.15, -0.1) is 0 Å². The Kier molecular flexibility index (Phi) is 6.65. The summed E-state index contributed by atoms with van der Waals surface area (Å²) in [6.45, 7) is 2.03. The third-order valence-corrected chi connectivity index (χ3v) is 5.96. The van der Waals surface area contributed by atoms with Crippen LogP contribution in [0.5, 0.6) is 0 Å². The molecule has 0 aromatic carbocycles. The van der Waals surface area contributed by atoms with E-state index in [1.165, 1.54) is 12.7 Å². The first-order valence-electron chi connectivity index (χ1n) is 8.31. The summed E-state index contributed by atoms with van der Waals surface area (Å²) in [5.41, 5.74) is 0. The summed E-state index contributed by atoms with van der Waals surface area (Å²) in [4.78, 5) is 12.1. The Morgan fingerprint density at radius 2 is 1.77 bits per heavy atom. The van der Waals surface area contributed by atoms with Crippen molar-refractivity contribution in [3.63, 3.8) is 0 Å². The minimum absolute atomic E-state index is 0.00937. The standard InChI is InChI=1S/C15H28N2O4S/c1-22(19,20)17(14-5-3-2-4-6-14)10-9-16-15(18)13-7-11-21-12-8-13/h13-14H,2-12H2,1H3,(H,16,18). The molecule has 1 saturated heterocycles. The Labute approximate surface area is 133 Å². The van der Waals surface area contributed by atoms with Gasteiger partial charge in [0.2, 0.25) is 15.9 Å². The van der Waals surface area contributed by atoms with Crippen LogP contribution in [0.3, 0.4) is 0 Å². The highest BCUT2D eigenvalue weighted by atomic mass is 32.2. The molecular weight excluding hydrogens is 304 g/mol. The molecule has 0 aromatic rings. The Morgan fingerprint density at radius 3 is 2.36 bits per heavy atom. The zero-order valence-corrected chi connectivity index (χ0v) is 14.2. The van der Waals surface area contributed by atoms with E-state index in [0.29, 0.717) is 26.3 Å². The van der Waals surface area contributed by atoms with Gasteiger partial charge in [-0.3, -0.25) is 4.79 Å². The highest BCUT2D eigenvalue weighted by molar-refractivity contribution is 7.88. The van der Waals surface area contributed by atoms with Crippen LogP contribution >= 0.6 is 0 Å². The van der Waals surface area contributed by atoms with Crippen molar-refractivity contribution in [1.82, 2.24) is 9.62 Å². The second-order valence-corrected chi connectivity index (χ2v) is 8.28. The van der Waals surface area contributed by atoms with Crippen molar-refractivity contribution in [1.29, 1.82) is 0 Å². The van der Waals surface area contributed by atoms with Crippen LogP contribution < -0.4 is 5.32 Å². The van der Waals surface area contributed by atoms with E-state index in [1.54, 1.807) is 4.31 Å². The Hall–Kier alpha value is -0.660. The lowest BCUT2D eigenvalue weighted by molar-refractivity contribution is -0.127. The van der Waals surface area contributed by atoms with Crippen molar-refractivity contribution in [2.45, 2.75) is 51.0 Å². The van der Waals surface area contributed by atoms with Crippen LogP contribution in [0.2, 0.25) is 0 Å². The predicted molar refractivity (Wildman–Crippen MR) is 85.0 cm³/mol. The Bertz CT molecular complexity index is 454. The van der Waals surface area contributed by atoms with Gasteiger partial charge in [0.1, 0.15) is 0 Å². The first kappa shape index (κ1) is 17.7. The van der Waals surface area contributed by atoms with Gasteiger partial charge in [-0.05, 0) is 25.7 Å². The number of carbonyl (C=O) groups excluding carboxylic acids is 1. The van der Waals surface area contributed by atoms with Crippen LogP contribution in [0.4, 0.5) is 0 Å². The van der Waals surface area contributed by atoms with E-state index in [-0.39, 0.29) is 17.9 Å². The average molecular weight is 332 g/mol. The molecule has 2 rings (SSSR count). The molecule has 0 unspecified atom stereocenters. The molecule has 22 heavy (non-hydrogen) atoms. The minimum atomic E-state index is -3.23. The molecule has 1 amide bonds. The summed E-state index contributed by atoms with van der Waals surface area (Å²) in [6, 6.07) is 0.101. The van der Waals surface area contributed by atoms with E-state index in [4.69, 9.17) is 4.74 Å². The topological polar surface area (TPSA) is 75.7 Å². The van der Waals surface area contributed by atoms with Crippen molar-refractivity contribution < 1.29 is 17.9 Å². The summed E-state index contributed by atoms with van der Waals surface area (Å²) in [5.74, 6) is 0.0375. The van der Waals surface area contributed by atoms with Gasteiger partial charge >= 0.3 is 0 Å². The van der Waals surface area contributed by atoms with Crippen molar-refractivity contribution in [2.24, 2.45) is 5.92 Å². The number of ether oxygens (including phenoxy) is 1. The van der Waals surface area contributed by atoms with E-state index in [9.17, 15) is 13.2 Å². The van der Waals surface area contributed by atoms with Gasteiger partial charge in [-0.1, -0.05) is 19.3 Å². The van der Waals surface area contributed by atoms with Crippen LogP contribution in [0.15, 0.2) is 0 Å². The lowest BCUT2D eigenvalue weighted by Crippen LogP contribution is -2.46. The highest BCUT2D eigenvalue weighted by Crippen LogP contribution is 2.24. The van der Waals surface area contributed by atoms with Crippen LogP contribution in [-0.2, 0) is 19.6 Å². The van der Waals surface area contributed by atoms with Crippen molar-refractivity contribution in [3.05, 3.63) is 0 Å². The van der Waals surface area contributed by atoms with Crippen molar-refractivity contribution in [2.75, 3.05) is 32.6 Å². The molecule has 0 atom stereocenters. The summed E-state index contributed by atoms with van der Waals surface area (Å²) in [7, 11) is -3.23. The zero-order chi connectivity index (χ0) is 16.0. The second-order valence-electron chi connectivity index (χ2n) is 6.34. The summed E-state index contributed by atoms with van der Waals surface area (Å²) >= 11 is 0. The molecule has 1 heterocycles. The SMILES string of the molecule is CS(=O)(=O)N(CCNC(=O)C1CCOCC1)C1CCCCC1. The number of nitrogens with one attached hydrogen (secondary N) is 1. The van der Waals surface area contributed by atoms with E-state index in [2.05, 4.69) is 5.32 Å². The maximum absolute atomic E-state index is 12.1. The normalized spacial score (nSPS) is 21.9. The minimum Gasteiger partial charge on any atom is -0.381 e. The fourth-order valence-corrected chi connectivity index (χ4v) is 4.56. The number of hydrogen-bond donors (Lipinski definition) is 1. The third-order valence-electron chi connectivity index (χ3n) is 4.63. The number of nitrogens with zero attached hydrogens (tertiary/aromatic N) is 1. The van der Waals surface area contributed by atoms with Gasteiger partial charge in [0, 0.05) is 38.3 Å². The third kappa shape index (κ3) is 5.21. The first-order valence-corrected chi connectivity index (χ1v) is 10.2. The van der Waals surface area contributed by atoms with Gasteiger partial charge in [-0.2, -0.15) is 4.31 Å². The molecular formula is C15H28N2O4S. The van der Waals surface area contributed by atoms with Crippen LogP contribution in [-0.4, -0.2) is 57.2 Å². The Morgan fingerprint density at radius 1 is 1.14 bits per heavy atom. The molecule has 2 aliphatic rings. The number of sulfonamides is 1. The average Bonchev–Trinajstić information content (AvgIpc) is 2.52. The predicted octanol–water partition coefficient (Wildman–Crippen LogP) is 1.12. The lowest BCUT2D eigenvalue weighted by atomic mass is 9.95. The summed E-state index contributed by atoms with van der Waals surface area (Å²) in [6.07, 6.45) is 8.00. The fourth-order valence-electron chi connectivity index (χ4n) is 3.38. The van der Waals surface area contributed by atoms with Gasteiger partial charge < -0.3 is 10.1 Å². The molecule has 1 saturated carbocycles. The smallest absolute Gasteiger partial charge is 0.223 e. The number of carbonyl (C=O) groups is 1. The van der Waals surface area contributed by atoms with E-state index >= 15 is 0 Å². The largest absolute Gasteiger partial charge is 0.381 e. The quantitative estimate of drug-likeness (QED) is 0.791. The van der Waals surface area contributed by atoms with E-state index in [1.807, 2.05) is 0 Å². The number of amides is 1. The number of hydrogen-bond acceptors (Lipinski definition) is 4. The van der Waals surface area contributed by atoms with Crippen molar-refractivity contribution in [3.8, 4) is 0 Å². The molecule has 0 bridgehead atoms. The van der Waals surface area contributed by atoms with Gasteiger partial charge in [0.05, 0.1) is 6.26 Å². The molecule has 2 fully saturated rings. The maximum Gasteiger partial charge on any atom is 0.223 e. The van der Waals surface area contributed by atoms with Crippen LogP contribution in [0.25, 0.3) is 0 Å². The molecule has 1 aliphatic heterocycles. The molecule has 7 heteroatoms. The monoisotopic (exact) mass is 332 g/mol. The molecule has 6 nitrogen and oxygen atoms in total. The van der Waals surface area contributed by atoms with Gasteiger partial charge in [0.15, 0.2) is 0 Å². The maximum atomic E-state index is 12.1. The second kappa shape index (κ2) is 8.26. The van der Waals surface area contributed by atoms with E-state index < -0.39 is 10.0 Å². The van der Waals surface area contributed by atoms with E-state index in [0.717, 1.165) is 38.5 Å². The van der Waals surface area contributed by atoms with Crippen molar-refractivity contribution >= 4 is 15.9 Å². The molecule has 1 N–H and O–H groups in total. The fraction of sp³-hybridized carbons (Fsp3) is 0.933. The molecule has 0 spiro atoms. The lowest BCUT2D eigenvalue weighted by Gasteiger charge is -2.32. The van der Waals surface area contributed by atoms with Gasteiger partial charge in [0.25, 0.3) is 0 Å². The zero-order valence-electron chi connectivity index (χ0n) is 13.4. The molecule has 0 radical (unpaired) electrons. The van der Waals surface area contributed by atoms with Gasteiger partial charge in [-0.25, -0.2) is 8.42 Å². The Balaban J connectivity index is 1.81. The first-order chi connectivity index (χ1) is 10.5. The summed E-state index contributed by atoms with van der Waals surface area (Å²) < 4.78 is 30.8.